The Morgan fingerprint density at radius 3 is 1.94 bits per heavy atom. The number of hydrogen-bond donors (Lipinski definition) is 1. The Balaban J connectivity index is 2.83. The molecule has 16 heavy (non-hydrogen) atoms. The summed E-state index contributed by atoms with van der Waals surface area (Å²) in [5.41, 5.74) is 0. The maximum Gasteiger partial charge on any atom is 0.0530 e. The second-order valence-corrected chi connectivity index (χ2v) is 8.38. The summed E-state index contributed by atoms with van der Waals surface area (Å²) < 4.78 is 0. The molecular formula is C12H26OS3. The van der Waals surface area contributed by atoms with Gasteiger partial charge in [-0.3, -0.25) is 0 Å². The average Bonchev–Trinajstić information content (AvgIpc) is 2.31. The van der Waals surface area contributed by atoms with Gasteiger partial charge in [0.1, 0.15) is 0 Å². The van der Waals surface area contributed by atoms with Gasteiger partial charge in [0.15, 0.2) is 0 Å². The smallest absolute Gasteiger partial charge is 0.0530 e. The Bertz CT molecular complexity index is 109. The lowest BCUT2D eigenvalue weighted by molar-refractivity contribution is 0.323. The molecule has 0 rings (SSSR count). The van der Waals surface area contributed by atoms with E-state index in [9.17, 15) is 0 Å². The molecule has 0 aliphatic heterocycles. The zero-order chi connectivity index (χ0) is 11.9. The summed E-state index contributed by atoms with van der Waals surface area (Å²) in [6.07, 6.45) is 11.2. The minimum atomic E-state index is 0.302. The molecule has 1 nitrogen and oxygen atoms in total. The first-order valence-electron chi connectivity index (χ1n) is 6.43. The van der Waals surface area contributed by atoms with Crippen molar-refractivity contribution < 1.29 is 5.11 Å². The molecule has 0 atom stereocenters. The van der Waals surface area contributed by atoms with E-state index in [1.807, 2.05) is 20.6 Å². The van der Waals surface area contributed by atoms with Gasteiger partial charge in [-0.1, -0.05) is 73.5 Å². The van der Waals surface area contributed by atoms with Crippen LogP contribution in [0.25, 0.3) is 0 Å². The van der Waals surface area contributed by atoms with E-state index < -0.39 is 0 Å². The second-order valence-electron chi connectivity index (χ2n) is 3.91. The highest BCUT2D eigenvalue weighted by Crippen LogP contribution is 2.34. The van der Waals surface area contributed by atoms with E-state index in [2.05, 4.69) is 6.92 Å². The van der Waals surface area contributed by atoms with Gasteiger partial charge in [0, 0.05) is 11.5 Å². The van der Waals surface area contributed by atoms with Crippen molar-refractivity contribution >= 4 is 31.4 Å². The van der Waals surface area contributed by atoms with Gasteiger partial charge in [-0.2, -0.15) is 0 Å². The van der Waals surface area contributed by atoms with E-state index >= 15 is 0 Å². The largest absolute Gasteiger partial charge is 0.395 e. The fourth-order valence-electron chi connectivity index (χ4n) is 1.43. The van der Waals surface area contributed by atoms with Crippen molar-refractivity contribution in [1.82, 2.24) is 0 Å². The molecule has 0 bridgehead atoms. The molecule has 0 amide bonds. The summed E-state index contributed by atoms with van der Waals surface area (Å²) in [4.78, 5) is 0. The third kappa shape index (κ3) is 15.0. The first-order valence-corrected chi connectivity index (χ1v) is 10.3. The van der Waals surface area contributed by atoms with Crippen LogP contribution in [0.1, 0.15) is 58.3 Å². The standard InChI is InChI=1S/C12H26OS3/c1-2-3-4-5-6-7-8-9-11-14-16-15-12-10-13/h13H,2-12H2,1H3. The molecule has 0 spiro atoms. The lowest BCUT2D eigenvalue weighted by Crippen LogP contribution is -1.82. The number of hydrogen-bond acceptors (Lipinski definition) is 4. The highest BCUT2D eigenvalue weighted by Gasteiger charge is 1.93. The Morgan fingerprint density at radius 2 is 1.31 bits per heavy atom. The first kappa shape index (κ1) is 17.0. The summed E-state index contributed by atoms with van der Waals surface area (Å²) >= 11 is 0. The maximum atomic E-state index is 8.58. The SMILES string of the molecule is CCCCCCCCCCSSSCCO. The molecule has 0 heterocycles. The van der Waals surface area contributed by atoms with Gasteiger partial charge in [0.05, 0.1) is 6.61 Å². The van der Waals surface area contributed by atoms with Gasteiger partial charge < -0.3 is 5.11 Å². The summed E-state index contributed by atoms with van der Waals surface area (Å²) in [5.74, 6) is 2.12. The lowest BCUT2D eigenvalue weighted by atomic mass is 10.1. The van der Waals surface area contributed by atoms with Crippen LogP contribution in [0.4, 0.5) is 0 Å². The zero-order valence-electron chi connectivity index (χ0n) is 10.5. The molecule has 0 aliphatic carbocycles. The Kier molecular flexibility index (Phi) is 17.0. The number of unbranched alkanes of at least 4 members (excludes halogenated alkanes) is 7. The highest BCUT2D eigenvalue weighted by atomic mass is 33.5. The van der Waals surface area contributed by atoms with E-state index in [1.54, 1.807) is 10.8 Å². The van der Waals surface area contributed by atoms with Crippen LogP contribution in [-0.2, 0) is 0 Å². The van der Waals surface area contributed by atoms with Gasteiger partial charge in [0.2, 0.25) is 0 Å². The van der Waals surface area contributed by atoms with Crippen LogP contribution >= 0.6 is 31.4 Å². The molecule has 0 aromatic carbocycles. The monoisotopic (exact) mass is 282 g/mol. The molecule has 0 saturated carbocycles. The quantitative estimate of drug-likeness (QED) is 0.372. The molecule has 0 aliphatic rings. The van der Waals surface area contributed by atoms with Gasteiger partial charge in [0.25, 0.3) is 0 Å². The van der Waals surface area contributed by atoms with Crippen molar-refractivity contribution in [3.63, 3.8) is 0 Å². The third-order valence-electron chi connectivity index (χ3n) is 2.35. The molecule has 98 valence electrons. The summed E-state index contributed by atoms with van der Waals surface area (Å²) in [7, 11) is 5.52. The van der Waals surface area contributed by atoms with Crippen LogP contribution in [0.3, 0.4) is 0 Å². The van der Waals surface area contributed by atoms with Crippen molar-refractivity contribution in [3.8, 4) is 0 Å². The zero-order valence-corrected chi connectivity index (χ0v) is 12.9. The molecule has 0 fully saturated rings. The molecule has 0 aromatic rings. The van der Waals surface area contributed by atoms with Gasteiger partial charge in [-0.25, -0.2) is 0 Å². The van der Waals surface area contributed by atoms with Crippen molar-refractivity contribution in [2.75, 3.05) is 18.1 Å². The highest BCUT2D eigenvalue weighted by molar-refractivity contribution is 9.09. The number of aliphatic hydroxyl groups is 1. The third-order valence-corrected chi connectivity index (χ3v) is 6.66. The Hall–Kier alpha value is 1.01. The van der Waals surface area contributed by atoms with E-state index in [1.165, 1.54) is 57.1 Å². The lowest BCUT2D eigenvalue weighted by Gasteiger charge is -2.01. The number of aliphatic hydroxyl groups excluding tert-OH is 1. The molecule has 0 unspecified atom stereocenters. The molecule has 0 radical (unpaired) electrons. The Labute approximate surface area is 113 Å². The van der Waals surface area contributed by atoms with Crippen LogP contribution in [0, 0.1) is 0 Å². The van der Waals surface area contributed by atoms with Gasteiger partial charge in [-0.05, 0) is 16.2 Å². The summed E-state index contributed by atoms with van der Waals surface area (Å²) in [6, 6.07) is 0. The van der Waals surface area contributed by atoms with Crippen LogP contribution in [0.5, 0.6) is 0 Å². The second kappa shape index (κ2) is 16.0. The van der Waals surface area contributed by atoms with Crippen molar-refractivity contribution in [1.29, 1.82) is 0 Å². The predicted octanol–water partition coefficient (Wildman–Crippen LogP) is 5.15. The van der Waals surface area contributed by atoms with Crippen LogP contribution in [0.15, 0.2) is 0 Å². The van der Waals surface area contributed by atoms with Crippen molar-refractivity contribution in [2.24, 2.45) is 0 Å². The van der Waals surface area contributed by atoms with Crippen molar-refractivity contribution in [2.45, 2.75) is 58.3 Å². The fraction of sp³-hybridized carbons (Fsp3) is 1.00. The number of rotatable bonds is 13. The topological polar surface area (TPSA) is 20.2 Å². The first-order chi connectivity index (χ1) is 7.91. The molecule has 0 saturated heterocycles. The molecular weight excluding hydrogens is 256 g/mol. The molecule has 0 aromatic heterocycles. The fourth-order valence-corrected chi connectivity index (χ4v) is 5.06. The minimum absolute atomic E-state index is 0.302. The van der Waals surface area contributed by atoms with Crippen LogP contribution in [0.2, 0.25) is 0 Å². The van der Waals surface area contributed by atoms with Gasteiger partial charge in [-0.15, -0.1) is 0 Å². The molecule has 4 heteroatoms. The molecule has 1 N–H and O–H groups in total. The summed E-state index contributed by atoms with van der Waals surface area (Å²) in [5, 5.41) is 8.58. The van der Waals surface area contributed by atoms with E-state index in [0.717, 1.165) is 5.75 Å². The van der Waals surface area contributed by atoms with Crippen LogP contribution < -0.4 is 0 Å². The maximum absolute atomic E-state index is 8.58. The average molecular weight is 283 g/mol. The van der Waals surface area contributed by atoms with Gasteiger partial charge >= 0.3 is 0 Å². The Morgan fingerprint density at radius 1 is 0.750 bits per heavy atom. The summed E-state index contributed by atoms with van der Waals surface area (Å²) in [6.45, 7) is 2.57. The van der Waals surface area contributed by atoms with E-state index in [0.29, 0.717) is 6.61 Å². The predicted molar refractivity (Wildman–Crippen MR) is 82.2 cm³/mol. The van der Waals surface area contributed by atoms with E-state index in [4.69, 9.17) is 5.11 Å². The minimum Gasteiger partial charge on any atom is -0.395 e. The normalized spacial score (nSPS) is 10.9. The van der Waals surface area contributed by atoms with E-state index in [-0.39, 0.29) is 0 Å². The van der Waals surface area contributed by atoms with Crippen molar-refractivity contribution in [3.05, 3.63) is 0 Å². The van der Waals surface area contributed by atoms with Crippen LogP contribution in [-0.4, -0.2) is 23.2 Å².